The predicted molar refractivity (Wildman–Crippen MR) is 111 cm³/mol. The minimum atomic E-state index is -4.36. The van der Waals surface area contributed by atoms with Crippen LogP contribution in [0, 0.1) is 6.92 Å². The summed E-state index contributed by atoms with van der Waals surface area (Å²) in [5.74, 6) is 0.204. The quantitative estimate of drug-likeness (QED) is 0.461. The van der Waals surface area contributed by atoms with Crippen LogP contribution in [-0.4, -0.2) is 17.7 Å². The molecule has 160 valence electrons. The zero-order chi connectivity index (χ0) is 22.4. The molecule has 0 unspecified atom stereocenters. The van der Waals surface area contributed by atoms with Gasteiger partial charge in [0.2, 0.25) is 0 Å². The van der Waals surface area contributed by atoms with E-state index in [1.54, 1.807) is 49.4 Å². The first-order valence-electron chi connectivity index (χ1n) is 9.31. The van der Waals surface area contributed by atoms with Gasteiger partial charge in [0.05, 0.1) is 11.1 Å². The van der Waals surface area contributed by atoms with Crippen LogP contribution in [-0.2, 0) is 6.18 Å². The van der Waals surface area contributed by atoms with Crippen LogP contribution in [0.15, 0.2) is 72.8 Å². The summed E-state index contributed by atoms with van der Waals surface area (Å²) in [5, 5.41) is 9.17. The molecular formula is C24H19F3O4. The van der Waals surface area contributed by atoms with Crippen molar-refractivity contribution in [1.29, 1.82) is 0 Å². The second-order valence-electron chi connectivity index (χ2n) is 6.67. The van der Waals surface area contributed by atoms with E-state index in [4.69, 9.17) is 14.6 Å². The lowest BCUT2D eigenvalue weighted by Gasteiger charge is -2.13. The number of hydrogen-bond acceptors (Lipinski definition) is 3. The third kappa shape index (κ3) is 5.88. The Morgan fingerprint density at radius 1 is 0.968 bits per heavy atom. The topological polar surface area (TPSA) is 55.8 Å². The number of carboxylic acids is 1. The van der Waals surface area contributed by atoms with Gasteiger partial charge in [0, 0.05) is 0 Å². The van der Waals surface area contributed by atoms with Crippen molar-refractivity contribution in [2.75, 3.05) is 6.61 Å². The molecule has 0 aliphatic heterocycles. The first kappa shape index (κ1) is 22.0. The molecule has 0 amide bonds. The van der Waals surface area contributed by atoms with Gasteiger partial charge in [-0.3, -0.25) is 0 Å². The number of aromatic carboxylic acids is 1. The SMILES string of the molecule is Cc1ccc(C(=O)O)cc1Oc1ccccc1OC/C=C/c1ccc(C(F)(F)F)cc1. The smallest absolute Gasteiger partial charge is 0.416 e. The van der Waals surface area contributed by atoms with Gasteiger partial charge < -0.3 is 14.6 Å². The second-order valence-corrected chi connectivity index (χ2v) is 6.67. The first-order valence-corrected chi connectivity index (χ1v) is 9.31. The highest BCUT2D eigenvalue weighted by molar-refractivity contribution is 5.88. The number of aryl methyl sites for hydroxylation is 1. The number of para-hydroxylation sites is 2. The van der Waals surface area contributed by atoms with Crippen LogP contribution >= 0.6 is 0 Å². The Morgan fingerprint density at radius 2 is 1.65 bits per heavy atom. The molecule has 4 nitrogen and oxygen atoms in total. The Kier molecular flexibility index (Phi) is 6.65. The van der Waals surface area contributed by atoms with Crippen LogP contribution in [0.2, 0.25) is 0 Å². The van der Waals surface area contributed by atoms with Crippen molar-refractivity contribution >= 4 is 12.0 Å². The van der Waals surface area contributed by atoms with E-state index in [0.717, 1.165) is 17.7 Å². The van der Waals surface area contributed by atoms with Crippen molar-refractivity contribution in [2.45, 2.75) is 13.1 Å². The fourth-order valence-corrected chi connectivity index (χ4v) is 2.72. The summed E-state index contributed by atoms with van der Waals surface area (Å²) in [7, 11) is 0. The van der Waals surface area contributed by atoms with Crippen molar-refractivity contribution in [2.24, 2.45) is 0 Å². The summed E-state index contributed by atoms with van der Waals surface area (Å²) < 4.78 is 49.4. The Morgan fingerprint density at radius 3 is 2.29 bits per heavy atom. The van der Waals surface area contributed by atoms with Gasteiger partial charge in [0.1, 0.15) is 12.4 Å². The van der Waals surface area contributed by atoms with E-state index in [2.05, 4.69) is 0 Å². The van der Waals surface area contributed by atoms with Gasteiger partial charge in [-0.2, -0.15) is 13.2 Å². The number of carboxylic acid groups (broad SMARTS) is 1. The molecule has 0 spiro atoms. The maximum Gasteiger partial charge on any atom is 0.416 e. The Labute approximate surface area is 177 Å². The molecular weight excluding hydrogens is 409 g/mol. The van der Waals surface area contributed by atoms with Crippen molar-refractivity contribution < 1.29 is 32.5 Å². The average Bonchev–Trinajstić information content (AvgIpc) is 2.73. The first-order chi connectivity index (χ1) is 14.7. The standard InChI is InChI=1S/C24H19F3O4/c1-16-8-11-18(23(28)29)15-22(16)31-21-7-3-2-6-20(21)30-14-4-5-17-9-12-19(13-10-17)24(25,26)27/h2-13,15H,14H2,1H3,(H,28,29)/b5-4+. The molecule has 0 atom stereocenters. The Balaban J connectivity index is 1.67. The highest BCUT2D eigenvalue weighted by Gasteiger charge is 2.29. The number of ether oxygens (including phenoxy) is 2. The number of hydrogen-bond donors (Lipinski definition) is 1. The normalized spacial score (nSPS) is 11.5. The minimum absolute atomic E-state index is 0.110. The van der Waals surface area contributed by atoms with Gasteiger partial charge in [-0.05, 0) is 60.5 Å². The summed E-state index contributed by atoms with van der Waals surface area (Å²) in [6.07, 6.45) is -1.03. The summed E-state index contributed by atoms with van der Waals surface area (Å²) in [6.45, 7) is 1.97. The van der Waals surface area contributed by atoms with Crippen LogP contribution in [0.5, 0.6) is 17.2 Å². The van der Waals surface area contributed by atoms with Gasteiger partial charge in [-0.15, -0.1) is 0 Å². The molecule has 7 heteroatoms. The maximum absolute atomic E-state index is 12.6. The fraction of sp³-hybridized carbons (Fsp3) is 0.125. The number of benzene rings is 3. The lowest BCUT2D eigenvalue weighted by molar-refractivity contribution is -0.137. The predicted octanol–water partition coefficient (Wildman–Crippen LogP) is 6.60. The molecule has 31 heavy (non-hydrogen) atoms. The Hall–Kier alpha value is -3.74. The van der Waals surface area contributed by atoms with Crippen LogP contribution < -0.4 is 9.47 Å². The largest absolute Gasteiger partial charge is 0.486 e. The van der Waals surface area contributed by atoms with Gasteiger partial charge in [0.25, 0.3) is 0 Å². The molecule has 0 bridgehead atoms. The van der Waals surface area contributed by atoms with E-state index >= 15 is 0 Å². The van der Waals surface area contributed by atoms with Gasteiger partial charge in [-0.1, -0.05) is 36.4 Å². The summed E-state index contributed by atoms with van der Waals surface area (Å²) >= 11 is 0. The highest BCUT2D eigenvalue weighted by Crippen LogP contribution is 2.33. The monoisotopic (exact) mass is 428 g/mol. The second kappa shape index (κ2) is 9.38. The molecule has 0 heterocycles. The van der Waals surface area contributed by atoms with Crippen molar-refractivity contribution in [3.8, 4) is 17.2 Å². The van der Waals surface area contributed by atoms with Crippen LogP contribution in [0.1, 0.15) is 27.0 Å². The number of halogens is 3. The number of carbonyl (C=O) groups is 1. The molecule has 0 aliphatic carbocycles. The molecule has 0 radical (unpaired) electrons. The van der Waals surface area contributed by atoms with Gasteiger partial charge in [-0.25, -0.2) is 4.79 Å². The highest BCUT2D eigenvalue weighted by atomic mass is 19.4. The van der Waals surface area contributed by atoms with Crippen molar-refractivity contribution in [1.82, 2.24) is 0 Å². The molecule has 1 N–H and O–H groups in total. The van der Waals surface area contributed by atoms with E-state index in [9.17, 15) is 18.0 Å². The minimum Gasteiger partial charge on any atom is -0.486 e. The van der Waals surface area contributed by atoms with Crippen LogP contribution in [0.25, 0.3) is 6.08 Å². The number of alkyl halides is 3. The fourth-order valence-electron chi connectivity index (χ4n) is 2.72. The molecule has 0 saturated carbocycles. The Bertz CT molecular complexity index is 1090. The molecule has 0 aliphatic rings. The molecule has 0 saturated heterocycles. The lowest BCUT2D eigenvalue weighted by Crippen LogP contribution is -2.04. The van der Waals surface area contributed by atoms with Gasteiger partial charge >= 0.3 is 12.1 Å². The summed E-state index contributed by atoms with van der Waals surface area (Å²) in [4.78, 5) is 11.2. The van der Waals surface area contributed by atoms with E-state index < -0.39 is 17.7 Å². The average molecular weight is 428 g/mol. The molecule has 3 aromatic rings. The van der Waals surface area contributed by atoms with E-state index in [1.165, 1.54) is 24.3 Å². The van der Waals surface area contributed by atoms with Gasteiger partial charge in [0.15, 0.2) is 11.5 Å². The van der Waals surface area contributed by atoms with E-state index in [1.807, 2.05) is 0 Å². The van der Waals surface area contributed by atoms with E-state index in [-0.39, 0.29) is 12.2 Å². The lowest BCUT2D eigenvalue weighted by atomic mass is 10.1. The third-order valence-electron chi connectivity index (χ3n) is 4.39. The molecule has 0 aromatic heterocycles. The third-order valence-corrected chi connectivity index (χ3v) is 4.39. The number of rotatable bonds is 7. The summed E-state index contributed by atoms with van der Waals surface area (Å²) in [6, 6.07) is 16.4. The summed E-state index contributed by atoms with van der Waals surface area (Å²) in [5.41, 5.74) is 0.789. The van der Waals surface area contributed by atoms with Crippen molar-refractivity contribution in [3.05, 3.63) is 95.1 Å². The van der Waals surface area contributed by atoms with E-state index in [0.29, 0.717) is 22.8 Å². The molecule has 3 rings (SSSR count). The van der Waals surface area contributed by atoms with Crippen molar-refractivity contribution in [3.63, 3.8) is 0 Å². The zero-order valence-electron chi connectivity index (χ0n) is 16.5. The van der Waals surface area contributed by atoms with Crippen LogP contribution in [0.4, 0.5) is 13.2 Å². The zero-order valence-corrected chi connectivity index (χ0v) is 16.5. The van der Waals surface area contributed by atoms with Crippen LogP contribution in [0.3, 0.4) is 0 Å². The molecule has 3 aromatic carbocycles. The molecule has 0 fully saturated rings. The maximum atomic E-state index is 12.6.